The molecule has 0 unspecified atom stereocenters. The fraction of sp³-hybridized carbons (Fsp3) is 0.407. The number of piperazine rings is 1. The lowest BCUT2D eigenvalue weighted by Crippen LogP contribution is -2.44. The second-order valence-electron chi connectivity index (χ2n) is 9.95. The Morgan fingerprint density at radius 2 is 1.37 bits per heavy atom. The van der Waals surface area contributed by atoms with E-state index in [1.165, 1.54) is 11.3 Å². The van der Waals surface area contributed by atoms with Gasteiger partial charge in [-0.25, -0.2) is 24.4 Å². The first-order valence-corrected chi connectivity index (χ1v) is 14.9. The number of benzene rings is 1. The quantitative estimate of drug-likeness (QED) is 0.158. The lowest BCUT2D eigenvalue weighted by atomic mass is 10.1. The van der Waals surface area contributed by atoms with Gasteiger partial charge in [-0.3, -0.25) is 4.79 Å². The number of carboxylic acids is 3. The molecule has 1 aromatic carbocycles. The SMILES string of the molecule is CN1CCN(CCCNc2ncc(Cl)c(-c3cc4ccc(C(N)=O)cc4s3)n2)CC1.O=C(O)C(F)(F)F.O=C(O)C(F)(F)F.O=C(O)C(F)(F)F. The van der Waals surface area contributed by atoms with Gasteiger partial charge in [0.2, 0.25) is 11.9 Å². The van der Waals surface area contributed by atoms with E-state index in [1.54, 1.807) is 18.3 Å². The molecule has 1 fully saturated rings. The van der Waals surface area contributed by atoms with Crippen LogP contribution in [0.5, 0.6) is 0 Å². The van der Waals surface area contributed by atoms with E-state index in [2.05, 4.69) is 32.1 Å². The number of carboxylic acid groups (broad SMARTS) is 3. The number of hydrogen-bond acceptors (Lipinski definition) is 10. The van der Waals surface area contributed by atoms with Gasteiger partial charge in [-0.1, -0.05) is 17.7 Å². The number of fused-ring (bicyclic) bond motifs is 1. The number of amides is 1. The summed E-state index contributed by atoms with van der Waals surface area (Å²) in [5, 5.41) is 26.2. The van der Waals surface area contributed by atoms with Gasteiger partial charge in [0.15, 0.2) is 0 Å². The van der Waals surface area contributed by atoms with Crippen molar-refractivity contribution in [1.82, 2.24) is 19.8 Å². The number of carbonyl (C=O) groups excluding carboxylic acids is 1. The van der Waals surface area contributed by atoms with E-state index in [4.69, 9.17) is 47.0 Å². The molecular formula is C27H28ClF9N6O7S. The molecular weight excluding hydrogens is 759 g/mol. The molecule has 3 aromatic rings. The number of anilines is 1. The number of rotatable bonds is 7. The van der Waals surface area contributed by atoms with E-state index in [1.807, 2.05) is 12.1 Å². The highest BCUT2D eigenvalue weighted by Gasteiger charge is 2.39. The first-order chi connectivity index (χ1) is 23.3. The third-order valence-electron chi connectivity index (χ3n) is 6.04. The van der Waals surface area contributed by atoms with Gasteiger partial charge in [-0.05, 0) is 43.6 Å². The zero-order valence-corrected chi connectivity index (χ0v) is 27.4. The maximum absolute atomic E-state index is 11.4. The van der Waals surface area contributed by atoms with Crippen LogP contribution in [-0.2, 0) is 14.4 Å². The van der Waals surface area contributed by atoms with E-state index in [9.17, 15) is 44.3 Å². The van der Waals surface area contributed by atoms with Gasteiger partial charge in [0.1, 0.15) is 5.69 Å². The van der Waals surface area contributed by atoms with Crippen LogP contribution in [0.25, 0.3) is 20.7 Å². The van der Waals surface area contributed by atoms with Gasteiger partial charge >= 0.3 is 36.4 Å². The monoisotopic (exact) mass is 786 g/mol. The molecule has 1 aliphatic heterocycles. The van der Waals surface area contributed by atoms with Crippen molar-refractivity contribution in [3.63, 3.8) is 0 Å². The number of aliphatic carboxylic acids is 3. The lowest BCUT2D eigenvalue weighted by Gasteiger charge is -2.32. The average molecular weight is 787 g/mol. The molecule has 0 bridgehead atoms. The fourth-order valence-corrected chi connectivity index (χ4v) is 4.86. The zero-order chi connectivity index (χ0) is 39.3. The van der Waals surface area contributed by atoms with Crippen molar-refractivity contribution in [3.05, 3.63) is 41.0 Å². The number of halogens is 10. The minimum atomic E-state index is -5.08. The van der Waals surface area contributed by atoms with Gasteiger partial charge in [-0.2, -0.15) is 39.5 Å². The minimum Gasteiger partial charge on any atom is -0.475 e. The van der Waals surface area contributed by atoms with Crippen molar-refractivity contribution in [2.24, 2.45) is 5.73 Å². The van der Waals surface area contributed by atoms with Crippen LogP contribution in [0.4, 0.5) is 45.5 Å². The number of carbonyl (C=O) groups is 4. The van der Waals surface area contributed by atoms with Crippen molar-refractivity contribution in [2.45, 2.75) is 24.9 Å². The molecule has 1 aliphatic rings. The molecule has 4 rings (SSSR count). The molecule has 0 atom stereocenters. The first-order valence-electron chi connectivity index (χ1n) is 13.7. The Morgan fingerprint density at radius 3 is 1.82 bits per heavy atom. The summed E-state index contributed by atoms with van der Waals surface area (Å²) in [4.78, 5) is 52.9. The standard InChI is InChI=1S/C21H25ClN6OS.3C2HF3O2/c1-27-7-9-28(10-8-27)6-2-5-24-21-25-13-16(22)19(26-21)18-11-14-3-4-15(20(23)29)12-17(14)30-18;3*3-2(4,5)1(6)7/h3-4,11-13H,2,5-10H2,1H3,(H2,23,29)(H,24,25,26);3*(H,6,7). The third kappa shape index (κ3) is 16.4. The molecule has 3 heterocycles. The summed E-state index contributed by atoms with van der Waals surface area (Å²) < 4.78 is 96.2. The van der Waals surface area contributed by atoms with Crippen molar-refractivity contribution >= 4 is 62.8 Å². The van der Waals surface area contributed by atoms with Crippen molar-refractivity contribution in [3.8, 4) is 10.6 Å². The van der Waals surface area contributed by atoms with Gasteiger partial charge in [0.25, 0.3) is 0 Å². The second kappa shape index (κ2) is 19.2. The smallest absolute Gasteiger partial charge is 0.475 e. The van der Waals surface area contributed by atoms with E-state index in [0.717, 1.165) is 60.7 Å². The number of nitrogens with zero attached hydrogens (tertiary/aromatic N) is 4. The number of nitrogens with one attached hydrogen (secondary N) is 1. The Morgan fingerprint density at radius 1 is 0.882 bits per heavy atom. The van der Waals surface area contributed by atoms with Crippen LogP contribution < -0.4 is 11.1 Å². The Kier molecular flexibility index (Phi) is 16.8. The highest BCUT2D eigenvalue weighted by molar-refractivity contribution is 7.22. The van der Waals surface area contributed by atoms with Crippen LogP contribution in [0.3, 0.4) is 0 Å². The molecule has 51 heavy (non-hydrogen) atoms. The Hall–Kier alpha value is -4.48. The summed E-state index contributed by atoms with van der Waals surface area (Å²) in [7, 11) is 2.17. The Labute approximate surface area is 290 Å². The van der Waals surface area contributed by atoms with E-state index in [-0.39, 0.29) is 0 Å². The van der Waals surface area contributed by atoms with Gasteiger partial charge in [0, 0.05) is 43.0 Å². The van der Waals surface area contributed by atoms with Crippen molar-refractivity contribution < 1.29 is 74.0 Å². The molecule has 0 aliphatic carbocycles. The van der Waals surface area contributed by atoms with Gasteiger partial charge in [-0.15, -0.1) is 11.3 Å². The minimum absolute atomic E-state index is 0.435. The number of hydrogen-bond donors (Lipinski definition) is 5. The molecule has 2 aromatic heterocycles. The highest BCUT2D eigenvalue weighted by Crippen LogP contribution is 2.36. The van der Waals surface area contributed by atoms with E-state index >= 15 is 0 Å². The van der Waals surface area contributed by atoms with Crippen LogP contribution in [-0.4, -0.2) is 124 Å². The lowest BCUT2D eigenvalue weighted by molar-refractivity contribution is -0.193. The van der Waals surface area contributed by atoms with Crippen LogP contribution >= 0.6 is 22.9 Å². The molecule has 284 valence electrons. The summed E-state index contributed by atoms with van der Waals surface area (Å²) in [6.07, 6.45) is -12.6. The van der Waals surface area contributed by atoms with Gasteiger partial charge < -0.3 is 36.2 Å². The number of likely N-dealkylation sites (N-methyl/N-ethyl adjacent to an activating group) is 1. The molecule has 13 nitrogen and oxygen atoms in total. The highest BCUT2D eigenvalue weighted by atomic mass is 35.5. The fourth-order valence-electron chi connectivity index (χ4n) is 3.50. The topological polar surface area (TPSA) is 199 Å². The Balaban J connectivity index is 0.000000505. The number of aromatic nitrogens is 2. The first kappa shape index (κ1) is 44.5. The summed E-state index contributed by atoms with van der Waals surface area (Å²) >= 11 is 7.92. The molecule has 0 radical (unpaired) electrons. The zero-order valence-electron chi connectivity index (χ0n) is 25.9. The largest absolute Gasteiger partial charge is 0.490 e. The summed E-state index contributed by atoms with van der Waals surface area (Å²) in [6, 6.07) is 7.45. The molecule has 24 heteroatoms. The van der Waals surface area contributed by atoms with Crippen LogP contribution in [0, 0.1) is 0 Å². The summed E-state index contributed by atoms with van der Waals surface area (Å²) in [5.41, 5.74) is 6.57. The van der Waals surface area contributed by atoms with E-state index < -0.39 is 42.3 Å². The van der Waals surface area contributed by atoms with Crippen molar-refractivity contribution in [2.75, 3.05) is 51.6 Å². The third-order valence-corrected chi connectivity index (χ3v) is 7.42. The molecule has 6 N–H and O–H groups in total. The molecule has 1 amide bonds. The van der Waals surface area contributed by atoms with Crippen LogP contribution in [0.1, 0.15) is 16.8 Å². The maximum Gasteiger partial charge on any atom is 0.490 e. The predicted molar refractivity (Wildman–Crippen MR) is 164 cm³/mol. The average Bonchev–Trinajstić information content (AvgIpc) is 3.44. The predicted octanol–water partition coefficient (Wildman–Crippen LogP) is 5.06. The second-order valence-corrected chi connectivity index (χ2v) is 11.4. The molecule has 1 saturated heterocycles. The number of thiophene rings is 1. The maximum atomic E-state index is 11.4. The summed E-state index contributed by atoms with van der Waals surface area (Å²) in [6.45, 7) is 6.39. The molecule has 0 saturated carbocycles. The normalized spacial score (nSPS) is 13.8. The van der Waals surface area contributed by atoms with Crippen molar-refractivity contribution in [1.29, 1.82) is 0 Å². The summed E-state index contributed by atoms with van der Waals surface area (Å²) in [5.74, 6) is -8.13. The molecule has 0 spiro atoms. The van der Waals surface area contributed by atoms with E-state index in [0.29, 0.717) is 22.2 Å². The number of primary amides is 1. The van der Waals surface area contributed by atoms with Crippen LogP contribution in [0.15, 0.2) is 30.5 Å². The Bertz CT molecular complexity index is 1590. The number of nitrogens with two attached hydrogens (primary N) is 1. The van der Waals surface area contributed by atoms with Crippen LogP contribution in [0.2, 0.25) is 5.02 Å². The van der Waals surface area contributed by atoms with Gasteiger partial charge in [0.05, 0.1) is 16.1 Å². The number of alkyl halides is 9.